The van der Waals surface area contributed by atoms with Gasteiger partial charge in [0.05, 0.1) is 11.5 Å². The van der Waals surface area contributed by atoms with Crippen LogP contribution >= 0.6 is 11.3 Å². The summed E-state index contributed by atoms with van der Waals surface area (Å²) in [5.74, 6) is -0.118. The molecular formula is C10H9NO3S. The topological polar surface area (TPSA) is 47.9 Å². The first-order chi connectivity index (χ1) is 7.31. The summed E-state index contributed by atoms with van der Waals surface area (Å²) in [5.41, 5.74) is 0.209. The molecule has 1 aliphatic heterocycles. The van der Waals surface area contributed by atoms with E-state index in [9.17, 15) is 4.79 Å². The highest BCUT2D eigenvalue weighted by Crippen LogP contribution is 2.19. The summed E-state index contributed by atoms with van der Waals surface area (Å²) in [5, 5.41) is 1.90. The van der Waals surface area contributed by atoms with Crippen LogP contribution in [0.3, 0.4) is 0 Å². The van der Waals surface area contributed by atoms with Gasteiger partial charge in [0, 0.05) is 0 Å². The van der Waals surface area contributed by atoms with Crippen LogP contribution in [0, 0.1) is 0 Å². The lowest BCUT2D eigenvalue weighted by molar-refractivity contribution is -0.130. The van der Waals surface area contributed by atoms with Crippen molar-refractivity contribution in [1.82, 2.24) is 0 Å². The number of carbonyl (C=O) groups is 1. The molecule has 0 saturated heterocycles. The number of aliphatic imine (C=N–C) groups is 1. The molecule has 78 valence electrons. The molecule has 1 aliphatic rings. The van der Waals surface area contributed by atoms with Gasteiger partial charge in [-0.25, -0.2) is 9.79 Å². The van der Waals surface area contributed by atoms with Crippen molar-refractivity contribution in [3.05, 3.63) is 34.3 Å². The Balaban J connectivity index is 2.21. The van der Waals surface area contributed by atoms with Crippen LogP contribution in [-0.4, -0.2) is 18.5 Å². The van der Waals surface area contributed by atoms with Gasteiger partial charge in [-0.1, -0.05) is 6.07 Å². The normalized spacial score (nSPS) is 17.8. The summed E-state index contributed by atoms with van der Waals surface area (Å²) in [6, 6.07) is 3.72. The van der Waals surface area contributed by atoms with Crippen LogP contribution in [0.4, 0.5) is 0 Å². The van der Waals surface area contributed by atoms with Crippen LogP contribution in [0.1, 0.15) is 11.8 Å². The number of nitrogens with zero attached hydrogens (tertiary/aromatic N) is 1. The van der Waals surface area contributed by atoms with E-state index < -0.39 is 5.97 Å². The van der Waals surface area contributed by atoms with E-state index in [0.717, 1.165) is 4.88 Å². The van der Waals surface area contributed by atoms with Gasteiger partial charge in [-0.05, 0) is 18.4 Å². The van der Waals surface area contributed by atoms with Crippen molar-refractivity contribution in [2.24, 2.45) is 4.99 Å². The molecular weight excluding hydrogens is 214 g/mol. The van der Waals surface area contributed by atoms with E-state index in [1.54, 1.807) is 0 Å². The maximum atomic E-state index is 11.3. The Hall–Kier alpha value is -1.62. The average Bonchev–Trinajstić information content (AvgIpc) is 2.83. The minimum Gasteiger partial charge on any atom is -0.499 e. The van der Waals surface area contributed by atoms with Gasteiger partial charge in [0.1, 0.15) is 6.26 Å². The second kappa shape index (κ2) is 4.27. The number of rotatable bonds is 3. The standard InChI is InChI=1S/C10H9NO3S/c1-2-13-6-7-10(12)14-9(11-7)8-4-3-5-15-8/h3-6H,2H2,1H3/b7-6-. The minimum atomic E-state index is -0.466. The van der Waals surface area contributed by atoms with E-state index in [4.69, 9.17) is 9.47 Å². The summed E-state index contributed by atoms with van der Waals surface area (Å²) in [4.78, 5) is 16.2. The van der Waals surface area contributed by atoms with Crippen LogP contribution in [0.15, 0.2) is 34.5 Å². The Morgan fingerprint density at radius 3 is 3.20 bits per heavy atom. The zero-order chi connectivity index (χ0) is 10.7. The van der Waals surface area contributed by atoms with Crippen molar-refractivity contribution in [3.63, 3.8) is 0 Å². The SMILES string of the molecule is CCO/C=C1\N=C(c2cccs2)OC1=O. The molecule has 1 aromatic rings. The second-order valence-electron chi connectivity index (χ2n) is 2.74. The number of hydrogen-bond acceptors (Lipinski definition) is 5. The predicted molar refractivity (Wildman–Crippen MR) is 56.7 cm³/mol. The van der Waals surface area contributed by atoms with Crippen molar-refractivity contribution in [1.29, 1.82) is 0 Å². The Morgan fingerprint density at radius 2 is 2.53 bits per heavy atom. The van der Waals surface area contributed by atoms with E-state index in [2.05, 4.69) is 4.99 Å². The predicted octanol–water partition coefficient (Wildman–Crippen LogP) is 1.93. The molecule has 2 rings (SSSR count). The molecule has 0 spiro atoms. The van der Waals surface area contributed by atoms with Crippen molar-refractivity contribution < 1.29 is 14.3 Å². The molecule has 15 heavy (non-hydrogen) atoms. The molecule has 0 bridgehead atoms. The lowest BCUT2D eigenvalue weighted by Gasteiger charge is -1.93. The molecule has 0 aromatic carbocycles. The third-order valence-electron chi connectivity index (χ3n) is 1.71. The first kappa shape index (κ1) is 9.92. The minimum absolute atomic E-state index is 0.209. The highest BCUT2D eigenvalue weighted by molar-refractivity contribution is 7.12. The van der Waals surface area contributed by atoms with Crippen LogP contribution < -0.4 is 0 Å². The smallest absolute Gasteiger partial charge is 0.367 e. The fourth-order valence-electron chi connectivity index (χ4n) is 1.06. The molecule has 2 heterocycles. The zero-order valence-electron chi connectivity index (χ0n) is 8.10. The molecule has 0 radical (unpaired) electrons. The van der Waals surface area contributed by atoms with Crippen LogP contribution in [0.2, 0.25) is 0 Å². The Bertz CT molecular complexity index is 420. The zero-order valence-corrected chi connectivity index (χ0v) is 8.91. The van der Waals surface area contributed by atoms with Gasteiger partial charge in [0.15, 0.2) is 5.70 Å². The molecule has 0 N–H and O–H groups in total. The summed E-state index contributed by atoms with van der Waals surface area (Å²) < 4.78 is 9.98. The molecule has 5 heteroatoms. The van der Waals surface area contributed by atoms with Crippen molar-refractivity contribution in [2.45, 2.75) is 6.92 Å². The Morgan fingerprint density at radius 1 is 1.67 bits per heavy atom. The third-order valence-corrected chi connectivity index (χ3v) is 2.57. The first-order valence-corrected chi connectivity index (χ1v) is 5.35. The van der Waals surface area contributed by atoms with Crippen molar-refractivity contribution in [2.75, 3.05) is 6.61 Å². The number of ether oxygens (including phenoxy) is 2. The quantitative estimate of drug-likeness (QED) is 0.447. The van der Waals surface area contributed by atoms with Gasteiger partial charge >= 0.3 is 5.97 Å². The first-order valence-electron chi connectivity index (χ1n) is 4.47. The average molecular weight is 223 g/mol. The molecule has 4 nitrogen and oxygen atoms in total. The molecule has 0 atom stereocenters. The van der Waals surface area contributed by atoms with Gasteiger partial charge in [-0.15, -0.1) is 11.3 Å². The lowest BCUT2D eigenvalue weighted by atomic mass is 10.5. The summed E-state index contributed by atoms with van der Waals surface area (Å²) >= 11 is 1.47. The largest absolute Gasteiger partial charge is 0.499 e. The fraction of sp³-hybridized carbons (Fsp3) is 0.200. The number of carbonyl (C=O) groups excluding carboxylic acids is 1. The van der Waals surface area contributed by atoms with Crippen LogP contribution in [0.5, 0.6) is 0 Å². The van der Waals surface area contributed by atoms with Gasteiger partial charge in [-0.2, -0.15) is 0 Å². The maximum absolute atomic E-state index is 11.3. The molecule has 1 aromatic heterocycles. The number of thiophene rings is 1. The van der Waals surface area contributed by atoms with Crippen LogP contribution in [-0.2, 0) is 14.3 Å². The second-order valence-corrected chi connectivity index (χ2v) is 3.69. The molecule has 0 fully saturated rings. The van der Waals surface area contributed by atoms with Gasteiger partial charge in [0.25, 0.3) is 0 Å². The van der Waals surface area contributed by atoms with E-state index >= 15 is 0 Å². The van der Waals surface area contributed by atoms with Crippen LogP contribution in [0.25, 0.3) is 0 Å². The molecule has 0 saturated carbocycles. The highest BCUT2D eigenvalue weighted by Gasteiger charge is 2.24. The van der Waals surface area contributed by atoms with Crippen molar-refractivity contribution in [3.8, 4) is 0 Å². The summed E-state index contributed by atoms with van der Waals surface area (Å²) in [6.07, 6.45) is 1.32. The number of hydrogen-bond donors (Lipinski definition) is 0. The monoisotopic (exact) mass is 223 g/mol. The molecule has 0 aliphatic carbocycles. The fourth-order valence-corrected chi connectivity index (χ4v) is 1.71. The van der Waals surface area contributed by atoms with E-state index in [1.807, 2.05) is 24.4 Å². The van der Waals surface area contributed by atoms with Gasteiger partial charge in [-0.3, -0.25) is 0 Å². The summed E-state index contributed by atoms with van der Waals surface area (Å²) in [6.45, 7) is 2.34. The van der Waals surface area contributed by atoms with E-state index in [0.29, 0.717) is 12.5 Å². The number of esters is 1. The van der Waals surface area contributed by atoms with E-state index in [1.165, 1.54) is 17.6 Å². The van der Waals surface area contributed by atoms with Gasteiger partial charge < -0.3 is 9.47 Å². The molecule has 0 unspecified atom stereocenters. The summed E-state index contributed by atoms with van der Waals surface area (Å²) in [7, 11) is 0. The maximum Gasteiger partial charge on any atom is 0.367 e. The lowest BCUT2D eigenvalue weighted by Crippen LogP contribution is -2.03. The van der Waals surface area contributed by atoms with E-state index in [-0.39, 0.29) is 5.70 Å². The van der Waals surface area contributed by atoms with Crippen molar-refractivity contribution >= 4 is 23.2 Å². The molecule has 0 amide bonds. The Kier molecular flexibility index (Phi) is 2.82. The third kappa shape index (κ3) is 2.07. The highest BCUT2D eigenvalue weighted by atomic mass is 32.1. The Labute approximate surface area is 90.8 Å². The number of cyclic esters (lactones) is 1. The van der Waals surface area contributed by atoms with Gasteiger partial charge in [0.2, 0.25) is 5.90 Å².